The molecule has 62 heavy (non-hydrogen) atoms. The molecule has 0 bridgehead atoms. The molecule has 0 aliphatic carbocycles. The number of hydrogen-bond donors (Lipinski definition) is 2. The molecule has 0 amide bonds. The standard InChI is InChI=1S/C46H37ClF2N6O7/c1-23(2)59-40-9-5-25(13-29(40)19-50)45-53-39(22-58-45)32-17-37-30(15-35(32)48)27(20-51-37)7-11-42(56)61-43(57)12-8-28-21-52-38-18-33(36(49)16-31(28)38)44-54-46(62-55-44)26-6-10-41(34(47)14-26)60-24(3)4/h5-6,9-10,13-18,20-24,51-52H,7-8,11-12H2,1-4H3. The van der Waals surface area contributed by atoms with Crippen LogP contribution in [0.2, 0.25) is 5.02 Å². The van der Waals surface area contributed by atoms with E-state index in [0.717, 1.165) is 0 Å². The van der Waals surface area contributed by atoms with Crippen LogP contribution in [-0.4, -0.2) is 49.2 Å². The summed E-state index contributed by atoms with van der Waals surface area (Å²) in [6.07, 6.45) is 4.56. The zero-order valence-electron chi connectivity index (χ0n) is 33.8. The molecule has 0 fully saturated rings. The van der Waals surface area contributed by atoms with Gasteiger partial charge in [-0.25, -0.2) is 13.8 Å². The minimum atomic E-state index is -0.741. The number of rotatable bonds is 14. The number of nitriles is 1. The second-order valence-corrected chi connectivity index (χ2v) is 15.4. The van der Waals surface area contributed by atoms with Crippen molar-refractivity contribution in [1.29, 1.82) is 5.26 Å². The van der Waals surface area contributed by atoms with Crippen molar-refractivity contribution in [2.24, 2.45) is 0 Å². The van der Waals surface area contributed by atoms with Gasteiger partial charge in [-0.3, -0.25) is 9.59 Å². The van der Waals surface area contributed by atoms with E-state index >= 15 is 8.78 Å². The van der Waals surface area contributed by atoms with Crippen LogP contribution in [0.1, 0.15) is 57.2 Å². The van der Waals surface area contributed by atoms with Gasteiger partial charge < -0.3 is 33.1 Å². The first kappa shape index (κ1) is 41.4. The molecule has 0 spiro atoms. The van der Waals surface area contributed by atoms with Gasteiger partial charge in [0, 0.05) is 50.9 Å². The molecule has 0 radical (unpaired) electrons. The van der Waals surface area contributed by atoms with Crippen LogP contribution in [0.25, 0.3) is 67.4 Å². The van der Waals surface area contributed by atoms with Crippen molar-refractivity contribution in [2.45, 2.75) is 65.6 Å². The van der Waals surface area contributed by atoms with Crippen LogP contribution in [-0.2, 0) is 27.2 Å². The summed E-state index contributed by atoms with van der Waals surface area (Å²) in [5.74, 6) is -1.31. The maximum Gasteiger partial charge on any atom is 0.313 e. The molecule has 0 atom stereocenters. The van der Waals surface area contributed by atoms with Crippen LogP contribution in [0.4, 0.5) is 8.78 Å². The van der Waals surface area contributed by atoms with E-state index in [1.165, 1.54) is 18.4 Å². The van der Waals surface area contributed by atoms with Crippen LogP contribution in [0.15, 0.2) is 88.3 Å². The molecule has 0 aliphatic heterocycles. The number of esters is 2. The Morgan fingerprint density at radius 3 is 1.97 bits per heavy atom. The fourth-order valence-corrected chi connectivity index (χ4v) is 7.18. The topological polar surface area (TPSA) is 182 Å². The number of hydrogen-bond acceptors (Lipinski definition) is 11. The number of aromatic nitrogens is 5. The summed E-state index contributed by atoms with van der Waals surface area (Å²) in [6.45, 7) is 7.50. The highest BCUT2D eigenvalue weighted by Gasteiger charge is 2.21. The first-order valence-electron chi connectivity index (χ1n) is 19.6. The molecule has 4 aromatic heterocycles. The molecule has 0 aliphatic rings. The molecule has 4 aromatic carbocycles. The molecule has 8 rings (SSSR count). The van der Waals surface area contributed by atoms with Gasteiger partial charge in [0.05, 0.1) is 41.2 Å². The lowest BCUT2D eigenvalue weighted by Crippen LogP contribution is -2.13. The molecule has 0 unspecified atom stereocenters. The van der Waals surface area contributed by atoms with Crippen molar-refractivity contribution >= 4 is 45.3 Å². The minimum absolute atomic E-state index is 0.0347. The number of H-pyrrole nitrogens is 2. The lowest BCUT2D eigenvalue weighted by molar-refractivity contribution is -0.159. The lowest BCUT2D eigenvalue weighted by Gasteiger charge is -2.11. The van der Waals surface area contributed by atoms with Crippen LogP contribution < -0.4 is 9.47 Å². The highest BCUT2D eigenvalue weighted by atomic mass is 35.5. The van der Waals surface area contributed by atoms with Crippen LogP contribution >= 0.6 is 11.6 Å². The quantitative estimate of drug-likeness (QED) is 0.0784. The highest BCUT2D eigenvalue weighted by molar-refractivity contribution is 6.32. The Morgan fingerprint density at radius 1 is 0.774 bits per heavy atom. The van der Waals surface area contributed by atoms with Crippen molar-refractivity contribution < 1.29 is 41.5 Å². The summed E-state index contributed by atoms with van der Waals surface area (Å²) in [5, 5.41) is 15.0. The fourth-order valence-electron chi connectivity index (χ4n) is 6.96. The van der Waals surface area contributed by atoms with Crippen molar-refractivity contribution in [1.82, 2.24) is 25.1 Å². The minimum Gasteiger partial charge on any atom is -0.490 e. The Labute approximate surface area is 357 Å². The van der Waals surface area contributed by atoms with E-state index < -0.39 is 23.6 Å². The molecule has 0 saturated carbocycles. The summed E-state index contributed by atoms with van der Waals surface area (Å²) in [6, 6.07) is 18.0. The first-order valence-corrected chi connectivity index (χ1v) is 20.0. The number of halogens is 3. The van der Waals surface area contributed by atoms with Gasteiger partial charge in [0.15, 0.2) is 0 Å². The Hall–Kier alpha value is -7.31. The summed E-state index contributed by atoms with van der Waals surface area (Å²) in [5.41, 5.74) is 4.39. The molecule has 2 N–H and O–H groups in total. The molecular weight excluding hydrogens is 822 g/mol. The summed E-state index contributed by atoms with van der Waals surface area (Å²) in [7, 11) is 0. The van der Waals surface area contributed by atoms with E-state index in [1.54, 1.807) is 60.9 Å². The molecule has 0 saturated heterocycles. The molecule has 4 heterocycles. The second-order valence-electron chi connectivity index (χ2n) is 15.0. The second kappa shape index (κ2) is 17.3. The third-order valence-electron chi connectivity index (χ3n) is 9.83. The maximum atomic E-state index is 15.5. The van der Waals surface area contributed by atoms with Crippen molar-refractivity contribution in [3.05, 3.63) is 113 Å². The van der Waals surface area contributed by atoms with E-state index in [2.05, 4.69) is 31.2 Å². The summed E-state index contributed by atoms with van der Waals surface area (Å²) >= 11 is 6.36. The maximum absolute atomic E-state index is 15.5. The number of oxazole rings is 1. The van der Waals surface area contributed by atoms with Gasteiger partial charge in [-0.15, -0.1) is 0 Å². The molecule has 314 valence electrons. The summed E-state index contributed by atoms with van der Waals surface area (Å²) in [4.78, 5) is 40.4. The van der Waals surface area contributed by atoms with E-state index in [0.29, 0.717) is 66.1 Å². The van der Waals surface area contributed by atoms with Gasteiger partial charge in [-0.1, -0.05) is 16.8 Å². The highest BCUT2D eigenvalue weighted by Crippen LogP contribution is 2.35. The average Bonchev–Trinajstić information content (AvgIpc) is 4.07. The van der Waals surface area contributed by atoms with Crippen LogP contribution in [0.3, 0.4) is 0 Å². The van der Waals surface area contributed by atoms with Crippen LogP contribution in [0.5, 0.6) is 11.5 Å². The number of aryl methyl sites for hydroxylation is 2. The number of carbonyl (C=O) groups is 2. The first-order chi connectivity index (χ1) is 29.8. The van der Waals surface area contributed by atoms with Gasteiger partial charge >= 0.3 is 11.9 Å². The number of fused-ring (bicyclic) bond motifs is 2. The Kier molecular flexibility index (Phi) is 11.6. The lowest BCUT2D eigenvalue weighted by atomic mass is 10.0. The Balaban J connectivity index is 0.863. The van der Waals surface area contributed by atoms with E-state index in [4.69, 9.17) is 34.8 Å². The largest absolute Gasteiger partial charge is 0.490 e. The number of benzene rings is 4. The van der Waals surface area contributed by atoms with Gasteiger partial charge in [0.1, 0.15) is 41.2 Å². The Bertz CT molecular complexity index is 3030. The number of ether oxygens (including phenoxy) is 3. The third kappa shape index (κ3) is 8.77. The average molecular weight is 859 g/mol. The van der Waals surface area contributed by atoms with E-state index in [9.17, 15) is 14.9 Å². The van der Waals surface area contributed by atoms with Crippen molar-refractivity contribution in [3.8, 4) is 63.1 Å². The number of aromatic amines is 2. The monoisotopic (exact) mass is 858 g/mol. The SMILES string of the molecule is CC(C)Oc1ccc(-c2nc(-c3cc4[nH]cc(CCC(=O)OC(=O)CCc5c[nH]c6cc(-c7coc(-c8ccc(OC(C)C)c(C#N)c8)n7)c(F)cc56)c4cc3F)no2)cc1Cl. The zero-order chi connectivity index (χ0) is 43.7. The van der Waals surface area contributed by atoms with Gasteiger partial charge in [-0.2, -0.15) is 10.2 Å². The third-order valence-corrected chi connectivity index (χ3v) is 10.1. The normalized spacial score (nSPS) is 11.5. The molecular formula is C46H37ClF2N6O7. The van der Waals surface area contributed by atoms with E-state index in [1.807, 2.05) is 27.7 Å². The number of carbonyl (C=O) groups excluding carboxylic acids is 2. The van der Waals surface area contributed by atoms with Gasteiger partial charge in [0.25, 0.3) is 5.89 Å². The Morgan fingerprint density at radius 2 is 1.35 bits per heavy atom. The zero-order valence-corrected chi connectivity index (χ0v) is 34.5. The molecule has 16 heteroatoms. The fraction of sp³-hybridized carbons (Fsp3) is 0.217. The number of nitrogens with one attached hydrogen (secondary N) is 2. The van der Waals surface area contributed by atoms with Crippen molar-refractivity contribution in [3.63, 3.8) is 0 Å². The predicted octanol–water partition coefficient (Wildman–Crippen LogP) is 10.7. The smallest absolute Gasteiger partial charge is 0.313 e. The predicted molar refractivity (Wildman–Crippen MR) is 225 cm³/mol. The molecule has 13 nitrogen and oxygen atoms in total. The summed E-state index contributed by atoms with van der Waals surface area (Å²) < 4.78 is 58.5. The van der Waals surface area contributed by atoms with E-state index in [-0.39, 0.29) is 72.3 Å². The van der Waals surface area contributed by atoms with Gasteiger partial charge in [-0.05, 0) is 112 Å². The van der Waals surface area contributed by atoms with Crippen LogP contribution in [0, 0.1) is 23.0 Å². The van der Waals surface area contributed by atoms with Gasteiger partial charge in [0.2, 0.25) is 11.7 Å². The van der Waals surface area contributed by atoms with Crippen molar-refractivity contribution in [2.75, 3.05) is 0 Å². The molecule has 8 aromatic rings. The number of nitrogens with zero attached hydrogens (tertiary/aromatic N) is 4.